The molecular formula is C14H15BrN2O. The molecule has 1 N–H and O–H groups in total. The van der Waals surface area contributed by atoms with Crippen LogP contribution in [0.25, 0.3) is 0 Å². The molecule has 2 aromatic rings. The summed E-state index contributed by atoms with van der Waals surface area (Å²) in [6, 6.07) is 4.59. The van der Waals surface area contributed by atoms with Crippen molar-refractivity contribution >= 4 is 15.9 Å². The Morgan fingerprint density at radius 3 is 3.28 bits per heavy atom. The van der Waals surface area contributed by atoms with Crippen LogP contribution >= 0.6 is 15.9 Å². The van der Waals surface area contributed by atoms with Gasteiger partial charge in [0.25, 0.3) is 0 Å². The molecule has 3 rings (SSSR count). The summed E-state index contributed by atoms with van der Waals surface area (Å²) >= 11 is 3.44. The SMILES string of the molecule is Brc1cncc(CNC2CCCc3occc32)c1. The smallest absolute Gasteiger partial charge is 0.108 e. The van der Waals surface area contributed by atoms with E-state index in [1.54, 1.807) is 12.5 Å². The van der Waals surface area contributed by atoms with E-state index in [0.717, 1.165) is 23.2 Å². The zero-order valence-corrected chi connectivity index (χ0v) is 11.6. The van der Waals surface area contributed by atoms with Gasteiger partial charge in [0.05, 0.1) is 6.26 Å². The van der Waals surface area contributed by atoms with Crippen molar-refractivity contribution in [1.82, 2.24) is 10.3 Å². The summed E-state index contributed by atoms with van der Waals surface area (Å²) in [7, 11) is 0. The van der Waals surface area contributed by atoms with Crippen molar-refractivity contribution in [2.24, 2.45) is 0 Å². The first-order chi connectivity index (χ1) is 8.83. The Morgan fingerprint density at radius 2 is 2.39 bits per heavy atom. The average Bonchev–Trinajstić information content (AvgIpc) is 2.85. The minimum Gasteiger partial charge on any atom is -0.469 e. The number of hydrogen-bond donors (Lipinski definition) is 1. The molecule has 0 fully saturated rings. The van der Waals surface area contributed by atoms with Gasteiger partial charge < -0.3 is 9.73 Å². The van der Waals surface area contributed by atoms with Crippen LogP contribution in [0.15, 0.2) is 39.7 Å². The van der Waals surface area contributed by atoms with Gasteiger partial charge in [-0.2, -0.15) is 0 Å². The number of nitrogens with zero attached hydrogens (tertiary/aromatic N) is 1. The Kier molecular flexibility index (Phi) is 3.48. The highest BCUT2D eigenvalue weighted by molar-refractivity contribution is 9.10. The van der Waals surface area contributed by atoms with Crippen LogP contribution in [-0.4, -0.2) is 4.98 Å². The minimum absolute atomic E-state index is 0.409. The molecule has 18 heavy (non-hydrogen) atoms. The summed E-state index contributed by atoms with van der Waals surface area (Å²) in [5.41, 5.74) is 2.52. The topological polar surface area (TPSA) is 38.1 Å². The van der Waals surface area contributed by atoms with E-state index in [1.807, 2.05) is 6.20 Å². The van der Waals surface area contributed by atoms with Gasteiger partial charge in [0.2, 0.25) is 0 Å². The number of rotatable bonds is 3. The third-order valence-electron chi connectivity index (χ3n) is 3.37. The first-order valence-electron chi connectivity index (χ1n) is 6.22. The molecule has 0 radical (unpaired) electrons. The lowest BCUT2D eigenvalue weighted by Crippen LogP contribution is -2.24. The predicted octanol–water partition coefficient (Wildman–Crippen LogP) is 3.60. The Bertz CT molecular complexity index is 538. The van der Waals surface area contributed by atoms with Crippen molar-refractivity contribution < 1.29 is 4.42 Å². The highest BCUT2D eigenvalue weighted by Gasteiger charge is 2.21. The summed E-state index contributed by atoms with van der Waals surface area (Å²) in [4.78, 5) is 4.18. The van der Waals surface area contributed by atoms with Gasteiger partial charge in [-0.1, -0.05) is 0 Å². The van der Waals surface area contributed by atoms with E-state index in [1.165, 1.54) is 24.0 Å². The van der Waals surface area contributed by atoms with Crippen LogP contribution in [0, 0.1) is 0 Å². The van der Waals surface area contributed by atoms with Crippen LogP contribution in [0.2, 0.25) is 0 Å². The largest absolute Gasteiger partial charge is 0.469 e. The predicted molar refractivity (Wildman–Crippen MR) is 73.2 cm³/mol. The molecule has 0 bridgehead atoms. The van der Waals surface area contributed by atoms with Crippen LogP contribution in [0.3, 0.4) is 0 Å². The van der Waals surface area contributed by atoms with E-state index in [9.17, 15) is 0 Å². The molecule has 0 amide bonds. The number of aryl methyl sites for hydroxylation is 1. The molecule has 0 saturated heterocycles. The molecule has 0 aromatic carbocycles. The van der Waals surface area contributed by atoms with Crippen LogP contribution in [0.5, 0.6) is 0 Å². The van der Waals surface area contributed by atoms with Crippen molar-refractivity contribution in [2.75, 3.05) is 0 Å². The monoisotopic (exact) mass is 306 g/mol. The molecule has 1 atom stereocenters. The van der Waals surface area contributed by atoms with Crippen LogP contribution in [0.1, 0.15) is 35.8 Å². The van der Waals surface area contributed by atoms with Crippen molar-refractivity contribution in [3.05, 3.63) is 52.1 Å². The Hall–Kier alpha value is -1.13. The Labute approximate surface area is 115 Å². The van der Waals surface area contributed by atoms with Crippen LogP contribution in [0.4, 0.5) is 0 Å². The van der Waals surface area contributed by atoms with Crippen LogP contribution < -0.4 is 5.32 Å². The van der Waals surface area contributed by atoms with Gasteiger partial charge in [0, 0.05) is 41.4 Å². The molecule has 1 aliphatic carbocycles. The number of halogens is 1. The van der Waals surface area contributed by atoms with Crippen molar-refractivity contribution in [2.45, 2.75) is 31.8 Å². The van der Waals surface area contributed by atoms with Gasteiger partial charge in [0.15, 0.2) is 0 Å². The van der Waals surface area contributed by atoms with Gasteiger partial charge >= 0.3 is 0 Å². The van der Waals surface area contributed by atoms with E-state index in [-0.39, 0.29) is 0 Å². The van der Waals surface area contributed by atoms with Gasteiger partial charge in [-0.25, -0.2) is 0 Å². The first kappa shape index (κ1) is 11.9. The maximum Gasteiger partial charge on any atom is 0.108 e. The fourth-order valence-corrected chi connectivity index (χ4v) is 2.90. The van der Waals surface area contributed by atoms with Crippen molar-refractivity contribution in [1.29, 1.82) is 0 Å². The second-order valence-electron chi connectivity index (χ2n) is 4.64. The molecule has 2 aromatic heterocycles. The maximum absolute atomic E-state index is 5.50. The molecule has 1 unspecified atom stereocenters. The van der Waals surface area contributed by atoms with E-state index < -0.39 is 0 Å². The Morgan fingerprint density at radius 1 is 1.44 bits per heavy atom. The fraction of sp³-hybridized carbons (Fsp3) is 0.357. The fourth-order valence-electron chi connectivity index (χ4n) is 2.49. The molecule has 0 saturated carbocycles. The summed E-state index contributed by atoms with van der Waals surface area (Å²) in [5.74, 6) is 1.14. The molecule has 94 valence electrons. The Balaban J connectivity index is 1.68. The lowest BCUT2D eigenvalue weighted by atomic mass is 9.93. The quantitative estimate of drug-likeness (QED) is 0.941. The van der Waals surface area contributed by atoms with E-state index in [4.69, 9.17) is 4.42 Å². The number of nitrogens with one attached hydrogen (secondary N) is 1. The average molecular weight is 307 g/mol. The van der Waals surface area contributed by atoms with Gasteiger partial charge in [0.1, 0.15) is 5.76 Å². The van der Waals surface area contributed by atoms with Crippen LogP contribution in [-0.2, 0) is 13.0 Å². The van der Waals surface area contributed by atoms with Gasteiger partial charge in [-0.05, 0) is 46.5 Å². The van der Waals surface area contributed by atoms with Crippen molar-refractivity contribution in [3.8, 4) is 0 Å². The molecule has 0 aliphatic heterocycles. The normalized spacial score (nSPS) is 18.6. The number of pyridine rings is 1. The lowest BCUT2D eigenvalue weighted by molar-refractivity contribution is 0.410. The number of furan rings is 1. The third kappa shape index (κ3) is 2.49. The van der Waals surface area contributed by atoms with E-state index in [2.05, 4.69) is 38.4 Å². The van der Waals surface area contributed by atoms with Gasteiger partial charge in [-0.3, -0.25) is 4.98 Å². The summed E-state index contributed by atoms with van der Waals surface area (Å²) < 4.78 is 6.52. The van der Waals surface area contributed by atoms with E-state index in [0.29, 0.717) is 6.04 Å². The minimum atomic E-state index is 0.409. The van der Waals surface area contributed by atoms with Gasteiger partial charge in [-0.15, -0.1) is 0 Å². The molecule has 3 nitrogen and oxygen atoms in total. The second-order valence-corrected chi connectivity index (χ2v) is 5.55. The van der Waals surface area contributed by atoms with Crippen molar-refractivity contribution in [3.63, 3.8) is 0 Å². The molecule has 4 heteroatoms. The summed E-state index contributed by atoms with van der Waals surface area (Å²) in [6.45, 7) is 0.835. The molecule has 0 spiro atoms. The number of aromatic nitrogens is 1. The highest BCUT2D eigenvalue weighted by atomic mass is 79.9. The first-order valence-corrected chi connectivity index (χ1v) is 7.01. The summed E-state index contributed by atoms with van der Waals surface area (Å²) in [5, 5.41) is 3.59. The molecule has 1 aliphatic rings. The number of hydrogen-bond acceptors (Lipinski definition) is 3. The third-order valence-corrected chi connectivity index (χ3v) is 3.80. The second kappa shape index (κ2) is 5.24. The zero-order valence-electron chi connectivity index (χ0n) is 10.0. The molecule has 2 heterocycles. The maximum atomic E-state index is 5.50. The standard InChI is InChI=1S/C14H15BrN2O/c15-11-6-10(7-16-9-11)8-17-13-2-1-3-14-12(13)4-5-18-14/h4-7,9,13,17H,1-3,8H2. The summed E-state index contributed by atoms with van der Waals surface area (Å²) in [6.07, 6.45) is 8.93. The number of fused-ring (bicyclic) bond motifs is 1. The lowest BCUT2D eigenvalue weighted by Gasteiger charge is -2.22. The highest BCUT2D eigenvalue weighted by Crippen LogP contribution is 2.30. The van der Waals surface area contributed by atoms with E-state index >= 15 is 0 Å². The molecular weight excluding hydrogens is 292 g/mol. The zero-order chi connectivity index (χ0) is 12.4.